The molecule has 0 saturated carbocycles. The third-order valence-corrected chi connectivity index (χ3v) is 5.00. The van der Waals surface area contributed by atoms with Gasteiger partial charge in [0.05, 0.1) is 12.7 Å². The molecule has 0 aliphatic rings. The molecule has 0 amide bonds. The number of aliphatic hydroxyl groups excluding tert-OH is 2. The van der Waals surface area contributed by atoms with Gasteiger partial charge >= 0.3 is 0 Å². The highest BCUT2D eigenvalue weighted by atomic mass is 16.5. The fraction of sp³-hybridized carbons (Fsp3) is 0.440. The first-order valence-electron chi connectivity index (χ1n) is 10.2. The van der Waals surface area contributed by atoms with E-state index in [1.807, 2.05) is 55.5 Å². The predicted octanol–water partition coefficient (Wildman–Crippen LogP) is 3.55. The second-order valence-electron chi connectivity index (χ2n) is 7.73. The molecule has 2 rings (SSSR count). The van der Waals surface area contributed by atoms with E-state index in [0.29, 0.717) is 18.8 Å². The van der Waals surface area contributed by atoms with E-state index in [1.165, 1.54) is 0 Å². The third kappa shape index (κ3) is 7.07. The molecule has 0 aliphatic heterocycles. The lowest BCUT2D eigenvalue weighted by atomic mass is 9.78. The summed E-state index contributed by atoms with van der Waals surface area (Å²) in [6.45, 7) is 7.00. The maximum atomic E-state index is 9.83. The normalized spacial score (nSPS) is 13.3. The summed E-state index contributed by atoms with van der Waals surface area (Å²) < 4.78 is 16.3. The van der Waals surface area contributed by atoms with E-state index in [4.69, 9.17) is 20.6 Å². The fourth-order valence-corrected chi connectivity index (χ4v) is 2.91. The van der Waals surface area contributed by atoms with Crippen LogP contribution in [0.3, 0.4) is 0 Å². The highest BCUT2D eigenvalue weighted by Crippen LogP contribution is 2.33. The van der Waals surface area contributed by atoms with Crippen LogP contribution in [0.5, 0.6) is 11.5 Å². The average molecular weight is 413 g/mol. The fourth-order valence-electron chi connectivity index (χ4n) is 2.91. The first-order valence-corrected chi connectivity index (χ1v) is 10.2. The van der Waals surface area contributed by atoms with Crippen molar-refractivity contribution in [2.45, 2.75) is 44.8 Å². The zero-order valence-electron chi connectivity index (χ0n) is 18.0. The van der Waals surface area contributed by atoms with Gasteiger partial charge in [0.2, 0.25) is 0 Å². The summed E-state index contributed by atoms with van der Waals surface area (Å²) in [7, 11) is 0. The van der Waals surface area contributed by atoms with Crippen LogP contribution in [-0.2, 0) is 10.2 Å². The Hall–Kier alpha value is -2.52. The van der Waals surface area contributed by atoms with Crippen LogP contribution in [0.2, 0.25) is 0 Å². The lowest BCUT2D eigenvalue weighted by Gasteiger charge is -2.26. The smallest absolute Gasteiger partial charge is 0.119 e. The van der Waals surface area contributed by atoms with E-state index in [2.05, 4.69) is 19.8 Å². The first-order chi connectivity index (χ1) is 14.4. The highest BCUT2D eigenvalue weighted by Gasteiger charge is 2.23. The molecule has 5 nitrogen and oxygen atoms in total. The molecule has 5 heteroatoms. The second kappa shape index (κ2) is 11.6. The Morgan fingerprint density at radius 1 is 0.833 bits per heavy atom. The van der Waals surface area contributed by atoms with Gasteiger partial charge in [0.1, 0.15) is 37.4 Å². The zero-order valence-corrected chi connectivity index (χ0v) is 18.0. The van der Waals surface area contributed by atoms with E-state index in [9.17, 15) is 10.2 Å². The molecule has 0 radical (unpaired) electrons. The quantitative estimate of drug-likeness (QED) is 0.412. The van der Waals surface area contributed by atoms with Gasteiger partial charge in [-0.25, -0.2) is 0 Å². The SMILES string of the molecule is C#CCOC[C@H](O)COc1ccc(C(C)(C)c2ccc(OC[C@H](O)CC)cc2)cc1. The predicted molar refractivity (Wildman–Crippen MR) is 118 cm³/mol. The lowest BCUT2D eigenvalue weighted by Crippen LogP contribution is -2.23. The minimum atomic E-state index is -0.728. The average Bonchev–Trinajstić information content (AvgIpc) is 2.76. The van der Waals surface area contributed by atoms with Crippen LogP contribution in [-0.4, -0.2) is 48.8 Å². The molecule has 0 unspecified atom stereocenters. The van der Waals surface area contributed by atoms with Crippen LogP contribution in [0.25, 0.3) is 0 Å². The van der Waals surface area contributed by atoms with Gasteiger partial charge in [-0.1, -0.05) is 51.0 Å². The van der Waals surface area contributed by atoms with Gasteiger partial charge in [0.15, 0.2) is 0 Å². The number of benzene rings is 2. The Morgan fingerprint density at radius 2 is 1.30 bits per heavy atom. The number of ether oxygens (including phenoxy) is 3. The molecule has 2 N–H and O–H groups in total. The van der Waals surface area contributed by atoms with Crippen LogP contribution >= 0.6 is 0 Å². The monoisotopic (exact) mass is 412 g/mol. The van der Waals surface area contributed by atoms with Crippen LogP contribution in [0.1, 0.15) is 38.3 Å². The Kier molecular flexibility index (Phi) is 9.19. The Balaban J connectivity index is 1.95. The summed E-state index contributed by atoms with van der Waals surface area (Å²) in [4.78, 5) is 0. The van der Waals surface area contributed by atoms with Gasteiger partial charge < -0.3 is 24.4 Å². The van der Waals surface area contributed by atoms with Crippen molar-refractivity contribution in [3.05, 3.63) is 59.7 Å². The molecule has 0 spiro atoms. The summed E-state index contributed by atoms with van der Waals surface area (Å²) >= 11 is 0. The molecule has 0 aliphatic carbocycles. The van der Waals surface area contributed by atoms with E-state index in [0.717, 1.165) is 16.9 Å². The largest absolute Gasteiger partial charge is 0.491 e. The molecule has 162 valence electrons. The van der Waals surface area contributed by atoms with Crippen molar-refractivity contribution in [1.82, 2.24) is 0 Å². The van der Waals surface area contributed by atoms with Crippen molar-refractivity contribution in [3.63, 3.8) is 0 Å². The van der Waals surface area contributed by atoms with Crippen LogP contribution in [0, 0.1) is 12.3 Å². The van der Waals surface area contributed by atoms with Gasteiger partial charge in [0, 0.05) is 5.41 Å². The molecule has 2 aromatic carbocycles. The van der Waals surface area contributed by atoms with Gasteiger partial charge in [-0.3, -0.25) is 0 Å². The molecule has 30 heavy (non-hydrogen) atoms. The van der Waals surface area contributed by atoms with Gasteiger partial charge in [-0.05, 0) is 41.8 Å². The molecule has 2 atom stereocenters. The Morgan fingerprint density at radius 3 is 1.73 bits per heavy atom. The zero-order chi connectivity index (χ0) is 22.0. The molecule has 2 aromatic rings. The molecule has 0 bridgehead atoms. The molecule has 0 fully saturated rings. The summed E-state index contributed by atoms with van der Waals surface area (Å²) in [5, 5.41) is 19.5. The van der Waals surface area contributed by atoms with Crippen molar-refractivity contribution in [1.29, 1.82) is 0 Å². The van der Waals surface area contributed by atoms with Crippen molar-refractivity contribution in [2.75, 3.05) is 26.4 Å². The molecule has 0 aromatic heterocycles. The van der Waals surface area contributed by atoms with E-state index < -0.39 is 12.2 Å². The van der Waals surface area contributed by atoms with Crippen molar-refractivity contribution in [2.24, 2.45) is 0 Å². The topological polar surface area (TPSA) is 68.2 Å². The van der Waals surface area contributed by atoms with Gasteiger partial charge in [-0.2, -0.15) is 0 Å². The van der Waals surface area contributed by atoms with E-state index in [-0.39, 0.29) is 25.2 Å². The minimum Gasteiger partial charge on any atom is -0.491 e. The number of hydrogen-bond donors (Lipinski definition) is 2. The van der Waals surface area contributed by atoms with Crippen LogP contribution in [0.4, 0.5) is 0 Å². The third-order valence-electron chi connectivity index (χ3n) is 5.00. The molecular formula is C25H32O5. The number of hydrogen-bond acceptors (Lipinski definition) is 5. The van der Waals surface area contributed by atoms with Crippen LogP contribution in [0.15, 0.2) is 48.5 Å². The van der Waals surface area contributed by atoms with Gasteiger partial charge in [0.25, 0.3) is 0 Å². The Labute approximate surface area is 179 Å². The standard InChI is InChI=1S/C25H32O5/c1-5-15-28-16-22(27)18-30-24-13-9-20(10-14-24)25(3,4)19-7-11-23(12-8-19)29-17-21(26)6-2/h1,7-14,21-22,26-27H,6,15-18H2,2-4H3/t21-,22+/m1/s1. The maximum Gasteiger partial charge on any atom is 0.119 e. The molecule has 0 heterocycles. The highest BCUT2D eigenvalue weighted by molar-refractivity contribution is 5.41. The van der Waals surface area contributed by atoms with Crippen molar-refractivity contribution in [3.8, 4) is 23.8 Å². The van der Waals surface area contributed by atoms with Crippen molar-refractivity contribution < 1.29 is 24.4 Å². The molecular weight excluding hydrogens is 380 g/mol. The summed E-state index contributed by atoms with van der Waals surface area (Å²) in [6, 6.07) is 15.8. The number of rotatable bonds is 12. The molecule has 0 saturated heterocycles. The number of terminal acetylenes is 1. The van der Waals surface area contributed by atoms with E-state index >= 15 is 0 Å². The maximum absolute atomic E-state index is 9.83. The second-order valence-corrected chi connectivity index (χ2v) is 7.73. The lowest BCUT2D eigenvalue weighted by molar-refractivity contribution is 0.0229. The summed E-state index contributed by atoms with van der Waals surface area (Å²) in [5.74, 6) is 3.79. The summed E-state index contributed by atoms with van der Waals surface area (Å²) in [5.41, 5.74) is 2.09. The van der Waals surface area contributed by atoms with E-state index in [1.54, 1.807) is 0 Å². The van der Waals surface area contributed by atoms with Crippen molar-refractivity contribution >= 4 is 0 Å². The van der Waals surface area contributed by atoms with Gasteiger partial charge in [-0.15, -0.1) is 6.42 Å². The first kappa shape index (κ1) is 23.8. The minimum absolute atomic E-state index is 0.140. The summed E-state index contributed by atoms with van der Waals surface area (Å²) in [6.07, 6.45) is 4.60. The number of aliphatic hydroxyl groups is 2. The Bertz CT molecular complexity index is 790. The van der Waals surface area contributed by atoms with Crippen LogP contribution < -0.4 is 9.47 Å².